The molecule has 1 fully saturated rings. The topological polar surface area (TPSA) is 96.9 Å². The van der Waals surface area contributed by atoms with Crippen molar-refractivity contribution in [2.75, 3.05) is 31.3 Å². The van der Waals surface area contributed by atoms with Crippen LogP contribution in [0, 0.1) is 11.8 Å². The van der Waals surface area contributed by atoms with E-state index in [0.29, 0.717) is 29.8 Å². The second-order valence-corrected chi connectivity index (χ2v) is 9.17. The van der Waals surface area contributed by atoms with Gasteiger partial charge in [-0.15, -0.1) is 0 Å². The van der Waals surface area contributed by atoms with Crippen LogP contribution < -0.4 is 26.6 Å². The number of para-hydroxylation sites is 2. The molecule has 2 aromatic rings. The fraction of sp³-hybridized carbons (Fsp3) is 0.423. The van der Waals surface area contributed by atoms with Crippen molar-refractivity contribution in [3.63, 3.8) is 0 Å². The Morgan fingerprint density at radius 1 is 1.09 bits per heavy atom. The summed E-state index contributed by atoms with van der Waals surface area (Å²) in [5.74, 6) is 7.76. The molecule has 0 bridgehead atoms. The number of hydrogen-bond donors (Lipinski definition) is 3. The van der Waals surface area contributed by atoms with Crippen LogP contribution in [0.2, 0.25) is 0 Å². The highest BCUT2D eigenvalue weighted by molar-refractivity contribution is 5.94. The van der Waals surface area contributed by atoms with Crippen molar-refractivity contribution in [1.82, 2.24) is 10.2 Å². The summed E-state index contributed by atoms with van der Waals surface area (Å²) in [6.07, 6.45) is 0.944. The van der Waals surface area contributed by atoms with E-state index in [1.807, 2.05) is 65.6 Å². The fourth-order valence-corrected chi connectivity index (χ4v) is 4.12. The van der Waals surface area contributed by atoms with Crippen molar-refractivity contribution in [3.05, 3.63) is 72.1 Å². The van der Waals surface area contributed by atoms with Crippen molar-refractivity contribution >= 4 is 11.6 Å². The van der Waals surface area contributed by atoms with Gasteiger partial charge in [-0.05, 0) is 49.1 Å². The van der Waals surface area contributed by atoms with Gasteiger partial charge in [-0.3, -0.25) is 9.80 Å². The van der Waals surface area contributed by atoms with Crippen molar-refractivity contribution in [2.45, 2.75) is 33.2 Å². The molecule has 0 radical (unpaired) electrons. The first kappa shape index (κ1) is 24.6. The smallest absolute Gasteiger partial charge is 0.272 e. The number of ether oxygens (including phenoxy) is 1. The summed E-state index contributed by atoms with van der Waals surface area (Å²) in [6.45, 7) is 8.84. The lowest BCUT2D eigenvalue weighted by Crippen LogP contribution is -2.53. The first-order valence-electron chi connectivity index (χ1n) is 11.6. The molecule has 7 heteroatoms. The van der Waals surface area contributed by atoms with Crippen LogP contribution in [-0.2, 0) is 4.79 Å². The third-order valence-electron chi connectivity index (χ3n) is 5.80. The van der Waals surface area contributed by atoms with Crippen LogP contribution in [0.4, 0.5) is 5.69 Å². The number of anilines is 1. The largest absolute Gasteiger partial charge is 0.487 e. The molecule has 1 saturated heterocycles. The normalized spacial score (nSPS) is 19.1. The zero-order chi connectivity index (χ0) is 23.8. The van der Waals surface area contributed by atoms with Gasteiger partial charge < -0.3 is 20.7 Å². The molecule has 1 heterocycles. The number of hydrogen-bond acceptors (Lipinski definition) is 6. The van der Waals surface area contributed by atoms with Gasteiger partial charge in [0.05, 0.1) is 5.69 Å². The highest BCUT2D eigenvalue weighted by atomic mass is 16.5. The summed E-state index contributed by atoms with van der Waals surface area (Å²) in [6, 6.07) is 19.0. The number of nitrogens with zero attached hydrogens (tertiary/aromatic N) is 2. The van der Waals surface area contributed by atoms with Gasteiger partial charge in [0.15, 0.2) is 0 Å². The fourth-order valence-electron chi connectivity index (χ4n) is 4.12. The molecule has 1 aliphatic heterocycles. The van der Waals surface area contributed by atoms with E-state index in [4.69, 9.17) is 16.3 Å². The Labute approximate surface area is 197 Å². The lowest BCUT2D eigenvalue weighted by atomic mass is 9.95. The third kappa shape index (κ3) is 6.73. The Kier molecular flexibility index (Phi) is 8.74. The molecular formula is C26H37N5O2. The molecule has 0 saturated carbocycles. The molecule has 0 aromatic heterocycles. The van der Waals surface area contributed by atoms with E-state index in [1.54, 1.807) is 0 Å². The monoisotopic (exact) mass is 451 g/mol. The van der Waals surface area contributed by atoms with E-state index in [2.05, 4.69) is 26.1 Å². The van der Waals surface area contributed by atoms with Crippen molar-refractivity contribution in [2.24, 2.45) is 23.4 Å². The summed E-state index contributed by atoms with van der Waals surface area (Å²) in [5.41, 5.74) is 7.81. The Morgan fingerprint density at radius 2 is 1.73 bits per heavy atom. The highest BCUT2D eigenvalue weighted by Gasteiger charge is 2.31. The quantitative estimate of drug-likeness (QED) is 0.308. The number of carbonyl (C=O) groups is 1. The van der Waals surface area contributed by atoms with Crippen molar-refractivity contribution in [3.8, 4) is 5.75 Å². The Morgan fingerprint density at radius 3 is 2.33 bits per heavy atom. The molecule has 7 nitrogen and oxygen atoms in total. The van der Waals surface area contributed by atoms with E-state index in [-0.39, 0.29) is 24.3 Å². The van der Waals surface area contributed by atoms with Crippen molar-refractivity contribution < 1.29 is 9.53 Å². The minimum absolute atomic E-state index is 0.0712. The van der Waals surface area contributed by atoms with Crippen molar-refractivity contribution in [1.29, 1.82) is 0 Å². The van der Waals surface area contributed by atoms with Gasteiger partial charge in [0.1, 0.15) is 23.8 Å². The molecule has 33 heavy (non-hydrogen) atoms. The SMILES string of the molecule is CC(C)CN(C(=O)/C(N)=C(\COc1ccccc1)N(N)c1ccccc1)C1CNCC(C)C1. The second-order valence-electron chi connectivity index (χ2n) is 9.17. The van der Waals surface area contributed by atoms with Crippen LogP contribution in [0.5, 0.6) is 5.75 Å². The molecule has 1 aliphatic rings. The zero-order valence-corrected chi connectivity index (χ0v) is 19.9. The molecule has 3 rings (SSSR count). The minimum Gasteiger partial charge on any atom is -0.487 e. The number of benzene rings is 2. The van der Waals surface area contributed by atoms with Gasteiger partial charge >= 0.3 is 0 Å². The number of nitrogens with one attached hydrogen (secondary N) is 1. The van der Waals surface area contributed by atoms with E-state index < -0.39 is 0 Å². The number of hydrazine groups is 1. The maximum Gasteiger partial charge on any atom is 0.272 e. The summed E-state index contributed by atoms with van der Waals surface area (Å²) in [7, 11) is 0. The van der Waals surface area contributed by atoms with Crippen LogP contribution in [-0.4, -0.2) is 43.1 Å². The molecule has 2 unspecified atom stereocenters. The molecule has 0 spiro atoms. The number of carbonyl (C=O) groups excluding carboxylic acids is 1. The summed E-state index contributed by atoms with van der Waals surface area (Å²) < 4.78 is 5.96. The maximum atomic E-state index is 13.8. The number of nitrogens with two attached hydrogens (primary N) is 2. The molecule has 1 amide bonds. The minimum atomic E-state index is -0.206. The lowest BCUT2D eigenvalue weighted by molar-refractivity contribution is -0.130. The van der Waals surface area contributed by atoms with Gasteiger partial charge in [-0.25, -0.2) is 5.84 Å². The predicted molar refractivity (Wildman–Crippen MR) is 133 cm³/mol. The van der Waals surface area contributed by atoms with Gasteiger partial charge in [0.25, 0.3) is 5.91 Å². The number of piperidine rings is 1. The van der Waals surface area contributed by atoms with E-state index in [9.17, 15) is 4.79 Å². The first-order chi connectivity index (χ1) is 15.9. The predicted octanol–water partition coefficient (Wildman–Crippen LogP) is 3.10. The van der Waals surface area contributed by atoms with E-state index >= 15 is 0 Å². The summed E-state index contributed by atoms with van der Waals surface area (Å²) in [5, 5.41) is 4.90. The van der Waals surface area contributed by atoms with Gasteiger partial charge in [0, 0.05) is 19.1 Å². The van der Waals surface area contributed by atoms with Gasteiger partial charge in [0.2, 0.25) is 0 Å². The Balaban J connectivity index is 1.93. The van der Waals surface area contributed by atoms with Crippen LogP contribution in [0.1, 0.15) is 27.2 Å². The van der Waals surface area contributed by atoms with Gasteiger partial charge in [-0.2, -0.15) is 0 Å². The Bertz CT molecular complexity index is 917. The standard InChI is InChI=1S/C26H37N5O2/c1-19(2)17-30(22-14-20(3)15-29-16-22)26(32)25(27)24(18-33-23-12-8-5-9-13-23)31(28)21-10-6-4-7-11-21/h4-13,19-20,22,29H,14-18,27-28H2,1-3H3/b25-24-. The third-order valence-corrected chi connectivity index (χ3v) is 5.80. The van der Waals surface area contributed by atoms with E-state index in [1.165, 1.54) is 5.01 Å². The van der Waals surface area contributed by atoms with Gasteiger partial charge in [-0.1, -0.05) is 57.2 Å². The second kappa shape index (κ2) is 11.7. The molecule has 178 valence electrons. The molecular weight excluding hydrogens is 414 g/mol. The first-order valence-corrected chi connectivity index (χ1v) is 11.6. The molecule has 2 aromatic carbocycles. The lowest BCUT2D eigenvalue weighted by Gasteiger charge is -2.38. The summed E-state index contributed by atoms with van der Waals surface area (Å²) >= 11 is 0. The maximum absolute atomic E-state index is 13.8. The zero-order valence-electron chi connectivity index (χ0n) is 19.9. The highest BCUT2D eigenvalue weighted by Crippen LogP contribution is 2.22. The van der Waals surface area contributed by atoms with Crippen LogP contribution in [0.25, 0.3) is 0 Å². The molecule has 5 N–H and O–H groups in total. The molecule has 0 aliphatic carbocycles. The number of amides is 1. The Hall–Kier alpha value is -3.03. The van der Waals surface area contributed by atoms with Crippen LogP contribution in [0.15, 0.2) is 72.1 Å². The summed E-state index contributed by atoms with van der Waals surface area (Å²) in [4.78, 5) is 15.7. The number of rotatable bonds is 9. The average Bonchev–Trinajstić information content (AvgIpc) is 2.83. The van der Waals surface area contributed by atoms with Crippen LogP contribution >= 0.6 is 0 Å². The van der Waals surface area contributed by atoms with Crippen LogP contribution in [0.3, 0.4) is 0 Å². The van der Waals surface area contributed by atoms with E-state index in [0.717, 1.165) is 25.2 Å². The average molecular weight is 452 g/mol. The molecule has 2 atom stereocenters.